The van der Waals surface area contributed by atoms with Gasteiger partial charge in [0.15, 0.2) is 5.82 Å². The quantitative estimate of drug-likeness (QED) is 0.614. The van der Waals surface area contributed by atoms with Crippen LogP contribution < -0.4 is 4.74 Å². The van der Waals surface area contributed by atoms with Crippen LogP contribution in [0.3, 0.4) is 0 Å². The van der Waals surface area contributed by atoms with E-state index >= 15 is 0 Å². The van der Waals surface area contributed by atoms with Gasteiger partial charge in [-0.2, -0.15) is 0 Å². The van der Waals surface area contributed by atoms with Gasteiger partial charge >= 0.3 is 0 Å². The maximum Gasteiger partial charge on any atom is 0.173 e. The first-order valence-corrected chi connectivity index (χ1v) is 10.4. The Morgan fingerprint density at radius 1 is 1.03 bits per heavy atom. The SMILES string of the molecule is COc1ccc([C@@H](c2nnnn2CCc2ccccc2)N2CCC(C)CC2)cc1. The van der Waals surface area contributed by atoms with Crippen molar-refractivity contribution in [3.8, 4) is 5.75 Å². The normalized spacial score (nSPS) is 16.6. The molecule has 0 bridgehead atoms. The standard InChI is InChI=1S/C23H29N5O/c1-18-12-15-27(16-13-18)22(20-8-10-21(29-2)11-9-20)23-24-25-26-28(23)17-14-19-6-4-3-5-7-19/h3-11,18,22H,12-17H2,1-2H3/t22-/m0/s1. The van der Waals surface area contributed by atoms with Crippen molar-refractivity contribution in [2.24, 2.45) is 5.92 Å². The second-order valence-corrected chi connectivity index (χ2v) is 7.89. The van der Waals surface area contributed by atoms with Crippen LogP contribution in [0.15, 0.2) is 54.6 Å². The van der Waals surface area contributed by atoms with E-state index in [0.717, 1.165) is 43.5 Å². The van der Waals surface area contributed by atoms with E-state index in [0.29, 0.717) is 0 Å². The van der Waals surface area contributed by atoms with Crippen LogP contribution in [-0.4, -0.2) is 45.3 Å². The predicted molar refractivity (Wildman–Crippen MR) is 113 cm³/mol. The summed E-state index contributed by atoms with van der Waals surface area (Å²) in [5.41, 5.74) is 2.50. The molecule has 6 heteroatoms. The summed E-state index contributed by atoms with van der Waals surface area (Å²) in [6.07, 6.45) is 3.32. The van der Waals surface area contributed by atoms with Crippen molar-refractivity contribution in [1.29, 1.82) is 0 Å². The summed E-state index contributed by atoms with van der Waals surface area (Å²) in [5, 5.41) is 12.8. The molecular formula is C23H29N5O. The molecule has 0 spiro atoms. The van der Waals surface area contributed by atoms with E-state index in [1.54, 1.807) is 7.11 Å². The zero-order chi connectivity index (χ0) is 20.1. The molecule has 1 aliphatic heterocycles. The molecule has 1 atom stereocenters. The van der Waals surface area contributed by atoms with Gasteiger partial charge in [-0.1, -0.05) is 49.4 Å². The number of methoxy groups -OCH3 is 1. The lowest BCUT2D eigenvalue weighted by Gasteiger charge is -2.36. The molecule has 1 aromatic heterocycles. The molecule has 4 rings (SSSR count). The van der Waals surface area contributed by atoms with E-state index in [2.05, 4.69) is 63.7 Å². The Labute approximate surface area is 172 Å². The zero-order valence-corrected chi connectivity index (χ0v) is 17.2. The van der Waals surface area contributed by atoms with Gasteiger partial charge in [-0.15, -0.1) is 5.10 Å². The molecule has 29 heavy (non-hydrogen) atoms. The number of hydrogen-bond donors (Lipinski definition) is 0. The first-order chi connectivity index (χ1) is 14.2. The number of aryl methyl sites for hydroxylation is 2. The van der Waals surface area contributed by atoms with E-state index in [1.807, 2.05) is 22.9 Å². The highest BCUT2D eigenvalue weighted by molar-refractivity contribution is 5.32. The Morgan fingerprint density at radius 3 is 2.45 bits per heavy atom. The third-order valence-electron chi connectivity index (χ3n) is 5.87. The summed E-state index contributed by atoms with van der Waals surface area (Å²) in [6, 6.07) is 18.9. The van der Waals surface area contributed by atoms with Crippen LogP contribution in [-0.2, 0) is 13.0 Å². The summed E-state index contributed by atoms with van der Waals surface area (Å²) < 4.78 is 7.32. The summed E-state index contributed by atoms with van der Waals surface area (Å²) in [6.45, 7) is 5.22. The van der Waals surface area contributed by atoms with Crippen molar-refractivity contribution in [3.63, 3.8) is 0 Å². The van der Waals surface area contributed by atoms with Gasteiger partial charge in [0.2, 0.25) is 0 Å². The fraction of sp³-hybridized carbons (Fsp3) is 0.435. The molecule has 3 aromatic rings. The molecular weight excluding hydrogens is 362 g/mol. The van der Waals surface area contributed by atoms with Crippen LogP contribution in [0, 0.1) is 5.92 Å². The highest BCUT2D eigenvalue weighted by Crippen LogP contribution is 2.32. The van der Waals surface area contributed by atoms with E-state index in [4.69, 9.17) is 4.74 Å². The van der Waals surface area contributed by atoms with Gasteiger partial charge in [-0.05, 0) is 72.0 Å². The van der Waals surface area contributed by atoms with Gasteiger partial charge in [0.1, 0.15) is 5.75 Å². The number of tetrazole rings is 1. The van der Waals surface area contributed by atoms with Gasteiger partial charge in [0.05, 0.1) is 13.2 Å². The smallest absolute Gasteiger partial charge is 0.173 e. The lowest BCUT2D eigenvalue weighted by Crippen LogP contribution is -2.38. The van der Waals surface area contributed by atoms with Crippen molar-refractivity contribution in [1.82, 2.24) is 25.1 Å². The molecule has 2 aromatic carbocycles. The maximum absolute atomic E-state index is 5.35. The molecule has 1 fully saturated rings. The van der Waals surface area contributed by atoms with E-state index in [1.165, 1.54) is 24.0 Å². The molecule has 1 saturated heterocycles. The molecule has 0 amide bonds. The lowest BCUT2D eigenvalue weighted by atomic mass is 9.95. The van der Waals surface area contributed by atoms with Crippen LogP contribution >= 0.6 is 0 Å². The minimum Gasteiger partial charge on any atom is -0.497 e. The van der Waals surface area contributed by atoms with Crippen molar-refractivity contribution in [3.05, 3.63) is 71.5 Å². The first-order valence-electron chi connectivity index (χ1n) is 10.4. The Hall–Kier alpha value is -2.73. The van der Waals surface area contributed by atoms with Crippen molar-refractivity contribution >= 4 is 0 Å². The van der Waals surface area contributed by atoms with Gasteiger partial charge in [0.25, 0.3) is 0 Å². The fourth-order valence-corrected chi connectivity index (χ4v) is 4.04. The number of benzene rings is 2. The zero-order valence-electron chi connectivity index (χ0n) is 17.2. The molecule has 0 radical (unpaired) electrons. The van der Waals surface area contributed by atoms with Crippen LogP contribution in [0.4, 0.5) is 0 Å². The molecule has 0 N–H and O–H groups in total. The second-order valence-electron chi connectivity index (χ2n) is 7.89. The van der Waals surface area contributed by atoms with Crippen LogP contribution in [0.2, 0.25) is 0 Å². The number of ether oxygens (including phenoxy) is 1. The van der Waals surface area contributed by atoms with Gasteiger partial charge in [-0.25, -0.2) is 4.68 Å². The Kier molecular flexibility index (Phi) is 6.20. The second kappa shape index (κ2) is 9.18. The Balaban J connectivity index is 1.61. The number of rotatable bonds is 7. The number of piperidine rings is 1. The average molecular weight is 392 g/mol. The molecule has 1 aliphatic rings. The molecule has 6 nitrogen and oxygen atoms in total. The number of hydrogen-bond acceptors (Lipinski definition) is 5. The van der Waals surface area contributed by atoms with Crippen molar-refractivity contribution < 1.29 is 4.74 Å². The minimum absolute atomic E-state index is 0.0548. The molecule has 0 saturated carbocycles. The Bertz CT molecular complexity index is 885. The third-order valence-corrected chi connectivity index (χ3v) is 5.87. The summed E-state index contributed by atoms with van der Waals surface area (Å²) in [5.74, 6) is 2.56. The van der Waals surface area contributed by atoms with E-state index in [-0.39, 0.29) is 6.04 Å². The third kappa shape index (κ3) is 4.65. The molecule has 0 aliphatic carbocycles. The molecule has 2 heterocycles. The molecule has 0 unspecified atom stereocenters. The number of aromatic nitrogens is 4. The molecule has 152 valence electrons. The largest absolute Gasteiger partial charge is 0.497 e. The van der Waals surface area contributed by atoms with Crippen molar-refractivity contribution in [2.75, 3.05) is 20.2 Å². The highest BCUT2D eigenvalue weighted by Gasteiger charge is 2.30. The lowest BCUT2D eigenvalue weighted by molar-refractivity contribution is 0.150. The van der Waals surface area contributed by atoms with Gasteiger partial charge in [0, 0.05) is 6.54 Å². The van der Waals surface area contributed by atoms with Gasteiger partial charge < -0.3 is 4.74 Å². The number of likely N-dealkylation sites (tertiary alicyclic amines) is 1. The van der Waals surface area contributed by atoms with E-state index < -0.39 is 0 Å². The Morgan fingerprint density at radius 2 is 1.76 bits per heavy atom. The highest BCUT2D eigenvalue weighted by atomic mass is 16.5. The van der Waals surface area contributed by atoms with Gasteiger partial charge in [-0.3, -0.25) is 4.90 Å². The maximum atomic E-state index is 5.35. The predicted octanol–water partition coefficient (Wildman–Crippen LogP) is 3.75. The fourth-order valence-electron chi connectivity index (χ4n) is 4.04. The minimum atomic E-state index is 0.0548. The van der Waals surface area contributed by atoms with Crippen LogP contribution in [0.5, 0.6) is 5.75 Å². The van der Waals surface area contributed by atoms with Crippen LogP contribution in [0.25, 0.3) is 0 Å². The van der Waals surface area contributed by atoms with Crippen molar-refractivity contribution in [2.45, 2.75) is 38.8 Å². The number of nitrogens with zero attached hydrogens (tertiary/aromatic N) is 5. The topological polar surface area (TPSA) is 56.1 Å². The monoisotopic (exact) mass is 391 g/mol. The van der Waals surface area contributed by atoms with E-state index in [9.17, 15) is 0 Å². The summed E-state index contributed by atoms with van der Waals surface area (Å²) in [7, 11) is 1.70. The summed E-state index contributed by atoms with van der Waals surface area (Å²) in [4.78, 5) is 2.52. The summed E-state index contributed by atoms with van der Waals surface area (Å²) >= 11 is 0. The average Bonchev–Trinajstić information content (AvgIpc) is 3.23. The van der Waals surface area contributed by atoms with Crippen LogP contribution in [0.1, 0.15) is 42.8 Å². The first kappa shape index (κ1) is 19.6.